The first-order chi connectivity index (χ1) is 29.5. The van der Waals surface area contributed by atoms with Crippen LogP contribution < -0.4 is 0 Å². The molecular formula is C54H110N2O4. The fourth-order valence-electron chi connectivity index (χ4n) is 8.87. The van der Waals surface area contributed by atoms with Gasteiger partial charge in [0.15, 0.2) is 0 Å². The molecule has 0 aliphatic carbocycles. The van der Waals surface area contributed by atoms with Crippen LogP contribution in [0.1, 0.15) is 266 Å². The van der Waals surface area contributed by atoms with Gasteiger partial charge in [-0.2, -0.15) is 0 Å². The van der Waals surface area contributed by atoms with Gasteiger partial charge >= 0.3 is 5.97 Å². The first-order valence-electron chi connectivity index (χ1n) is 27.3. The summed E-state index contributed by atoms with van der Waals surface area (Å²) in [4.78, 5) is 17.7. The second kappa shape index (κ2) is 49.3. The van der Waals surface area contributed by atoms with Crippen molar-refractivity contribution in [3.63, 3.8) is 0 Å². The van der Waals surface area contributed by atoms with Crippen LogP contribution in [0, 0.1) is 11.8 Å². The number of carbonyl (C=O) groups excluding carboxylic acids is 1. The Morgan fingerprint density at radius 3 is 1.27 bits per heavy atom. The van der Waals surface area contributed by atoms with Crippen LogP contribution in [0.15, 0.2) is 0 Å². The number of aliphatic hydroxyl groups excluding tert-OH is 1. The lowest BCUT2D eigenvalue weighted by molar-refractivity contribution is -0.145. The first kappa shape index (κ1) is 59.3. The largest absolute Gasteiger partial charge is 0.465 e. The van der Waals surface area contributed by atoms with E-state index in [0.29, 0.717) is 18.9 Å². The van der Waals surface area contributed by atoms with Crippen molar-refractivity contribution in [1.29, 1.82) is 0 Å². The van der Waals surface area contributed by atoms with Gasteiger partial charge in [-0.25, -0.2) is 0 Å². The molecule has 0 aromatic heterocycles. The second-order valence-corrected chi connectivity index (χ2v) is 18.9. The summed E-state index contributed by atoms with van der Waals surface area (Å²) < 4.78 is 12.1. The molecule has 0 saturated carbocycles. The van der Waals surface area contributed by atoms with Gasteiger partial charge in [0.05, 0.1) is 13.2 Å². The van der Waals surface area contributed by atoms with Gasteiger partial charge in [0.25, 0.3) is 0 Å². The highest BCUT2D eigenvalue weighted by Gasteiger charge is 2.13. The molecule has 0 bridgehead atoms. The van der Waals surface area contributed by atoms with E-state index in [1.54, 1.807) is 0 Å². The molecule has 0 radical (unpaired) electrons. The normalized spacial score (nSPS) is 12.9. The second-order valence-electron chi connectivity index (χ2n) is 18.9. The quantitative estimate of drug-likeness (QED) is 0.0486. The molecule has 2 atom stereocenters. The van der Waals surface area contributed by atoms with Crippen molar-refractivity contribution in [2.45, 2.75) is 266 Å². The molecule has 0 spiro atoms. The third-order valence-electron chi connectivity index (χ3n) is 13.2. The average Bonchev–Trinajstić information content (AvgIpc) is 3.25. The summed E-state index contributed by atoms with van der Waals surface area (Å²) in [6.07, 6.45) is 46.3. The molecule has 0 saturated heterocycles. The Labute approximate surface area is 377 Å². The number of aliphatic hydroxyl groups is 1. The van der Waals surface area contributed by atoms with Gasteiger partial charge < -0.3 is 24.4 Å². The number of unbranched alkanes of at least 4 members (excludes halogenated alkanes) is 25. The fraction of sp³-hybridized carbons (Fsp3) is 0.981. The minimum Gasteiger partial charge on any atom is -0.465 e. The van der Waals surface area contributed by atoms with Gasteiger partial charge in [-0.05, 0) is 82.8 Å². The number of nitrogens with zero attached hydrogens (tertiary/aromatic N) is 2. The Balaban J connectivity index is 4.36. The molecule has 0 rings (SSSR count). The van der Waals surface area contributed by atoms with Crippen molar-refractivity contribution in [2.75, 3.05) is 65.7 Å². The summed E-state index contributed by atoms with van der Waals surface area (Å²) in [5.74, 6) is 1.34. The van der Waals surface area contributed by atoms with E-state index in [1.807, 2.05) is 0 Å². The molecule has 0 fully saturated rings. The zero-order valence-corrected chi connectivity index (χ0v) is 41.7. The lowest BCUT2D eigenvalue weighted by Gasteiger charge is -2.26. The SMILES string of the molecule is CCCCCCCCC(CCCCCC)COCCCCCCCCN(CCCCCCCC(=O)OCC(CCCCCC)CCCCCCCC)CCN(CC)CCO. The predicted molar refractivity (Wildman–Crippen MR) is 263 cm³/mol. The molecule has 6 heteroatoms. The average molecular weight is 851 g/mol. The van der Waals surface area contributed by atoms with Crippen LogP contribution in [0.3, 0.4) is 0 Å². The topological polar surface area (TPSA) is 62.2 Å². The van der Waals surface area contributed by atoms with Gasteiger partial charge in [-0.15, -0.1) is 0 Å². The molecule has 360 valence electrons. The van der Waals surface area contributed by atoms with Crippen LogP contribution in [0.25, 0.3) is 0 Å². The van der Waals surface area contributed by atoms with Crippen molar-refractivity contribution >= 4 is 5.97 Å². The highest BCUT2D eigenvalue weighted by molar-refractivity contribution is 5.69. The van der Waals surface area contributed by atoms with E-state index < -0.39 is 0 Å². The molecule has 6 nitrogen and oxygen atoms in total. The Bertz CT molecular complexity index is 828. The van der Waals surface area contributed by atoms with Crippen LogP contribution in [0.5, 0.6) is 0 Å². The fourth-order valence-corrected chi connectivity index (χ4v) is 8.87. The third-order valence-corrected chi connectivity index (χ3v) is 13.2. The molecule has 0 aliphatic heterocycles. The Hall–Kier alpha value is -0.690. The molecule has 1 N–H and O–H groups in total. The van der Waals surface area contributed by atoms with Crippen LogP contribution >= 0.6 is 0 Å². The number of hydrogen-bond donors (Lipinski definition) is 1. The van der Waals surface area contributed by atoms with E-state index in [2.05, 4.69) is 44.4 Å². The van der Waals surface area contributed by atoms with Crippen molar-refractivity contribution in [3.05, 3.63) is 0 Å². The summed E-state index contributed by atoms with van der Waals surface area (Å²) in [6, 6.07) is 0. The maximum Gasteiger partial charge on any atom is 0.305 e. The van der Waals surface area contributed by atoms with E-state index >= 15 is 0 Å². The smallest absolute Gasteiger partial charge is 0.305 e. The Morgan fingerprint density at radius 1 is 0.417 bits per heavy atom. The van der Waals surface area contributed by atoms with E-state index in [9.17, 15) is 9.90 Å². The van der Waals surface area contributed by atoms with Crippen LogP contribution in [0.4, 0.5) is 0 Å². The van der Waals surface area contributed by atoms with Crippen molar-refractivity contribution in [3.8, 4) is 0 Å². The zero-order chi connectivity index (χ0) is 43.8. The van der Waals surface area contributed by atoms with E-state index in [4.69, 9.17) is 9.47 Å². The number of ether oxygens (including phenoxy) is 2. The number of likely N-dealkylation sites (N-methyl/N-ethyl adjacent to an activating group) is 1. The van der Waals surface area contributed by atoms with Gasteiger partial charge in [-0.3, -0.25) is 4.79 Å². The standard InChI is InChI=1S/C54H110N2O4/c1-6-11-15-19-24-32-39-52(38-30-17-13-8-3)50-59-49-37-29-22-21-27-35-43-56(46-45-55(10-5)47-48-57)44-36-28-23-26-34-42-54(58)60-51-53(40-31-18-14-9-4)41-33-25-20-16-12-7-2/h52-53,57H,6-51H2,1-5H3. The molecular weight excluding hydrogens is 741 g/mol. The highest BCUT2D eigenvalue weighted by atomic mass is 16.5. The van der Waals surface area contributed by atoms with E-state index in [-0.39, 0.29) is 12.6 Å². The summed E-state index contributed by atoms with van der Waals surface area (Å²) in [5.41, 5.74) is 0. The van der Waals surface area contributed by atoms with Crippen LogP contribution in [-0.2, 0) is 14.3 Å². The van der Waals surface area contributed by atoms with Gasteiger partial charge in [0, 0.05) is 39.3 Å². The zero-order valence-electron chi connectivity index (χ0n) is 41.7. The van der Waals surface area contributed by atoms with Crippen LogP contribution in [-0.4, -0.2) is 86.6 Å². The van der Waals surface area contributed by atoms with E-state index in [1.165, 1.54) is 218 Å². The minimum atomic E-state index is 0.0232. The molecule has 0 heterocycles. The third kappa shape index (κ3) is 42.6. The predicted octanol–water partition coefficient (Wildman–Crippen LogP) is 15.5. The summed E-state index contributed by atoms with van der Waals surface area (Å²) in [7, 11) is 0. The molecule has 0 aromatic carbocycles. The highest BCUT2D eigenvalue weighted by Crippen LogP contribution is 2.21. The number of carbonyl (C=O) groups is 1. The van der Waals surface area contributed by atoms with Crippen molar-refractivity contribution in [2.24, 2.45) is 11.8 Å². The van der Waals surface area contributed by atoms with Gasteiger partial charge in [0.2, 0.25) is 0 Å². The number of esters is 1. The number of rotatable bonds is 51. The van der Waals surface area contributed by atoms with Crippen molar-refractivity contribution in [1.82, 2.24) is 9.80 Å². The first-order valence-corrected chi connectivity index (χ1v) is 27.3. The van der Waals surface area contributed by atoms with Gasteiger partial charge in [0.1, 0.15) is 0 Å². The Morgan fingerprint density at radius 2 is 0.800 bits per heavy atom. The molecule has 60 heavy (non-hydrogen) atoms. The Kier molecular flexibility index (Phi) is 48.8. The molecule has 0 amide bonds. The summed E-state index contributed by atoms with van der Waals surface area (Å²) in [5, 5.41) is 9.51. The monoisotopic (exact) mass is 851 g/mol. The maximum atomic E-state index is 12.6. The minimum absolute atomic E-state index is 0.0232. The summed E-state index contributed by atoms with van der Waals surface area (Å²) in [6.45, 7) is 20.4. The van der Waals surface area contributed by atoms with E-state index in [0.717, 1.165) is 64.7 Å². The van der Waals surface area contributed by atoms with Crippen LogP contribution in [0.2, 0.25) is 0 Å². The lowest BCUT2D eigenvalue weighted by atomic mass is 9.95. The summed E-state index contributed by atoms with van der Waals surface area (Å²) >= 11 is 0. The molecule has 0 aliphatic rings. The van der Waals surface area contributed by atoms with Gasteiger partial charge in [-0.1, -0.05) is 208 Å². The maximum absolute atomic E-state index is 12.6. The lowest BCUT2D eigenvalue weighted by Crippen LogP contribution is -2.37. The molecule has 2 unspecified atom stereocenters. The molecule has 0 aromatic rings. The van der Waals surface area contributed by atoms with Crippen molar-refractivity contribution < 1.29 is 19.4 Å². The number of hydrogen-bond acceptors (Lipinski definition) is 6.